The molecule has 0 aromatic carbocycles. The first-order chi connectivity index (χ1) is 4.61. The molecule has 1 amide bonds. The topological polar surface area (TPSA) is 69.1 Å². The molecule has 1 aromatic rings. The van der Waals surface area contributed by atoms with Crippen LogP contribution in [0.1, 0.15) is 14.5 Å². The van der Waals surface area contributed by atoms with Crippen molar-refractivity contribution < 1.29 is 4.79 Å². The molecule has 0 unspecified atom stereocenters. The van der Waals surface area contributed by atoms with E-state index in [0.717, 1.165) is 4.88 Å². The van der Waals surface area contributed by atoms with Gasteiger partial charge >= 0.3 is 0 Å². The summed E-state index contributed by atoms with van der Waals surface area (Å²) in [5, 5.41) is 0. The number of primary amides is 1. The summed E-state index contributed by atoms with van der Waals surface area (Å²) in [6.07, 6.45) is 0. The smallest absolute Gasteiger partial charge is 0.258 e. The summed E-state index contributed by atoms with van der Waals surface area (Å²) < 4.78 is 0. The number of rotatable bonds is 1. The summed E-state index contributed by atoms with van der Waals surface area (Å²) in [6, 6.07) is 1.60. The van der Waals surface area contributed by atoms with Gasteiger partial charge < -0.3 is 11.5 Å². The predicted molar refractivity (Wildman–Crippen MR) is 42.0 cm³/mol. The minimum absolute atomic E-state index is 0.412. The van der Waals surface area contributed by atoms with E-state index in [-0.39, 0.29) is 0 Å². The maximum Gasteiger partial charge on any atom is 0.258 e. The second kappa shape index (κ2) is 2.30. The number of hydrogen-bond donors (Lipinski definition) is 2. The zero-order chi connectivity index (χ0) is 7.72. The van der Waals surface area contributed by atoms with Crippen molar-refractivity contribution in [2.24, 2.45) is 5.73 Å². The Labute approximate surface area is 62.6 Å². The monoisotopic (exact) mass is 156 g/mol. The van der Waals surface area contributed by atoms with Crippen LogP contribution in [0.5, 0.6) is 0 Å². The lowest BCUT2D eigenvalue weighted by Gasteiger charge is -1.81. The van der Waals surface area contributed by atoms with Crippen molar-refractivity contribution in [1.82, 2.24) is 0 Å². The predicted octanol–water partition coefficient (Wildman–Crippen LogP) is 0.738. The molecule has 0 fully saturated rings. The molecule has 3 nitrogen and oxygen atoms in total. The van der Waals surface area contributed by atoms with Gasteiger partial charge in [0.05, 0.1) is 4.88 Å². The molecule has 10 heavy (non-hydrogen) atoms. The lowest BCUT2D eigenvalue weighted by atomic mass is 10.4. The van der Waals surface area contributed by atoms with Gasteiger partial charge in [-0.2, -0.15) is 0 Å². The quantitative estimate of drug-likeness (QED) is 0.629. The van der Waals surface area contributed by atoms with E-state index < -0.39 is 5.91 Å². The average molecular weight is 156 g/mol. The number of amides is 1. The molecule has 1 heterocycles. The molecule has 0 aliphatic carbocycles. The first-order valence-electron chi connectivity index (χ1n) is 2.77. The lowest BCUT2D eigenvalue weighted by molar-refractivity contribution is 0.100. The van der Waals surface area contributed by atoms with Gasteiger partial charge in [-0.25, -0.2) is 0 Å². The van der Waals surface area contributed by atoms with Crippen LogP contribution in [0.3, 0.4) is 0 Å². The van der Waals surface area contributed by atoms with Gasteiger partial charge in [0.2, 0.25) is 0 Å². The summed E-state index contributed by atoms with van der Waals surface area (Å²) in [6.45, 7) is 1.85. The molecule has 0 bridgehead atoms. The summed E-state index contributed by atoms with van der Waals surface area (Å²) in [7, 11) is 0. The fourth-order valence-corrected chi connectivity index (χ4v) is 1.41. The molecule has 0 radical (unpaired) electrons. The SMILES string of the molecule is Cc1sc(C(N)=O)cc1N. The van der Waals surface area contributed by atoms with Gasteiger partial charge in [-0.1, -0.05) is 0 Å². The summed E-state index contributed by atoms with van der Waals surface area (Å²) in [5.74, 6) is -0.412. The van der Waals surface area contributed by atoms with Gasteiger partial charge in [0.1, 0.15) is 0 Å². The van der Waals surface area contributed by atoms with Gasteiger partial charge in [0.25, 0.3) is 5.91 Å². The highest BCUT2D eigenvalue weighted by Crippen LogP contribution is 2.22. The van der Waals surface area contributed by atoms with Crippen LogP contribution in [0.4, 0.5) is 5.69 Å². The van der Waals surface area contributed by atoms with E-state index >= 15 is 0 Å². The van der Waals surface area contributed by atoms with Gasteiger partial charge in [-0.05, 0) is 13.0 Å². The zero-order valence-electron chi connectivity index (χ0n) is 5.55. The van der Waals surface area contributed by atoms with Crippen LogP contribution in [0.15, 0.2) is 6.07 Å². The average Bonchev–Trinajstić information content (AvgIpc) is 2.13. The highest BCUT2D eigenvalue weighted by atomic mass is 32.1. The van der Waals surface area contributed by atoms with Gasteiger partial charge in [-0.15, -0.1) is 11.3 Å². The summed E-state index contributed by atoms with van der Waals surface area (Å²) in [5.41, 5.74) is 11.1. The maximum atomic E-state index is 10.5. The molecular formula is C6H8N2OS. The normalized spacial score (nSPS) is 9.70. The zero-order valence-corrected chi connectivity index (χ0v) is 6.37. The fraction of sp³-hybridized carbons (Fsp3) is 0.167. The molecule has 0 spiro atoms. The van der Waals surface area contributed by atoms with Crippen molar-refractivity contribution in [3.8, 4) is 0 Å². The number of hydrogen-bond acceptors (Lipinski definition) is 3. The van der Waals surface area contributed by atoms with E-state index in [2.05, 4.69) is 0 Å². The van der Waals surface area contributed by atoms with Crippen LogP contribution >= 0.6 is 11.3 Å². The van der Waals surface area contributed by atoms with Crippen LogP contribution in [0, 0.1) is 6.92 Å². The van der Waals surface area contributed by atoms with E-state index in [0.29, 0.717) is 10.6 Å². The van der Waals surface area contributed by atoms with Crippen LogP contribution in [0.25, 0.3) is 0 Å². The Kier molecular flexibility index (Phi) is 1.63. The molecule has 0 saturated carbocycles. The van der Waals surface area contributed by atoms with Gasteiger partial charge in [-0.3, -0.25) is 4.79 Å². The molecule has 4 heteroatoms. The van der Waals surface area contributed by atoms with Gasteiger partial charge in [0, 0.05) is 10.6 Å². The molecule has 1 rings (SSSR count). The second-order valence-corrected chi connectivity index (χ2v) is 3.24. The van der Waals surface area contributed by atoms with Crippen molar-refractivity contribution in [2.45, 2.75) is 6.92 Å². The first kappa shape index (κ1) is 7.08. The van der Waals surface area contributed by atoms with Crippen LogP contribution in [-0.2, 0) is 0 Å². The Balaban J connectivity index is 3.10. The second-order valence-electron chi connectivity index (χ2n) is 1.99. The van der Waals surface area contributed by atoms with E-state index in [1.807, 2.05) is 6.92 Å². The number of aryl methyl sites for hydroxylation is 1. The number of nitrogens with two attached hydrogens (primary N) is 2. The minimum Gasteiger partial charge on any atom is -0.398 e. The van der Waals surface area contributed by atoms with Crippen LogP contribution in [0.2, 0.25) is 0 Å². The third-order valence-corrected chi connectivity index (χ3v) is 2.28. The van der Waals surface area contributed by atoms with Crippen molar-refractivity contribution >= 4 is 22.9 Å². The van der Waals surface area contributed by atoms with Crippen molar-refractivity contribution in [3.05, 3.63) is 15.8 Å². The Morgan fingerprint density at radius 1 is 1.70 bits per heavy atom. The molecule has 0 aliphatic rings. The fourth-order valence-electron chi connectivity index (χ4n) is 0.618. The number of anilines is 1. The molecule has 0 aliphatic heterocycles. The lowest BCUT2D eigenvalue weighted by Crippen LogP contribution is -2.08. The van der Waals surface area contributed by atoms with Crippen molar-refractivity contribution in [1.29, 1.82) is 0 Å². The van der Waals surface area contributed by atoms with Gasteiger partial charge in [0.15, 0.2) is 0 Å². The Morgan fingerprint density at radius 3 is 2.50 bits per heavy atom. The maximum absolute atomic E-state index is 10.5. The van der Waals surface area contributed by atoms with Crippen molar-refractivity contribution in [2.75, 3.05) is 5.73 Å². The van der Waals surface area contributed by atoms with Crippen molar-refractivity contribution in [3.63, 3.8) is 0 Å². The third-order valence-electron chi connectivity index (χ3n) is 1.20. The Bertz CT molecular complexity index is 247. The molecule has 0 saturated heterocycles. The largest absolute Gasteiger partial charge is 0.398 e. The Hall–Kier alpha value is -1.03. The minimum atomic E-state index is -0.412. The van der Waals surface area contributed by atoms with E-state index in [4.69, 9.17) is 11.5 Å². The number of nitrogen functional groups attached to an aromatic ring is 1. The number of carbonyl (C=O) groups is 1. The van der Waals surface area contributed by atoms with Crippen LogP contribution in [-0.4, -0.2) is 5.91 Å². The first-order valence-corrected chi connectivity index (χ1v) is 3.58. The molecule has 0 atom stereocenters. The molecule has 54 valence electrons. The third kappa shape index (κ3) is 1.11. The van der Waals surface area contributed by atoms with E-state index in [1.165, 1.54) is 11.3 Å². The molecule has 4 N–H and O–H groups in total. The number of carbonyl (C=O) groups excluding carboxylic acids is 1. The highest BCUT2D eigenvalue weighted by Gasteiger charge is 2.05. The Morgan fingerprint density at radius 2 is 2.30 bits per heavy atom. The van der Waals surface area contributed by atoms with E-state index in [9.17, 15) is 4.79 Å². The summed E-state index contributed by atoms with van der Waals surface area (Å²) in [4.78, 5) is 12.0. The van der Waals surface area contributed by atoms with E-state index in [1.54, 1.807) is 6.07 Å². The highest BCUT2D eigenvalue weighted by molar-refractivity contribution is 7.14. The van der Waals surface area contributed by atoms with Crippen LogP contribution < -0.4 is 11.5 Å². The molecular weight excluding hydrogens is 148 g/mol. The summed E-state index contributed by atoms with van der Waals surface area (Å²) >= 11 is 1.32. The molecule has 1 aromatic heterocycles. The number of thiophene rings is 1. The standard InChI is InChI=1S/C6H8N2OS/c1-3-4(7)2-5(10-3)6(8)9/h2H,7H2,1H3,(H2,8,9).